The predicted octanol–water partition coefficient (Wildman–Crippen LogP) is 4.37. The normalized spacial score (nSPS) is 16.2. The van der Waals surface area contributed by atoms with Gasteiger partial charge < -0.3 is 5.11 Å². The van der Waals surface area contributed by atoms with E-state index in [9.17, 15) is 13.4 Å². The van der Waals surface area contributed by atoms with Crippen LogP contribution in [-0.4, -0.2) is 21.5 Å². The number of halogens is 1. The molecule has 3 rings (SSSR count). The van der Waals surface area contributed by atoms with E-state index < -0.39 is 16.8 Å². The van der Waals surface area contributed by atoms with Crippen molar-refractivity contribution >= 4 is 34.0 Å². The molecular weight excluding hydrogens is 345 g/mol. The summed E-state index contributed by atoms with van der Waals surface area (Å²) in [5, 5.41) is 9.17. The second-order valence-electron chi connectivity index (χ2n) is 5.95. The first-order valence-corrected chi connectivity index (χ1v) is 9.30. The van der Waals surface area contributed by atoms with Gasteiger partial charge in [0.05, 0.1) is 6.42 Å². The van der Waals surface area contributed by atoms with Crippen LogP contribution in [0.1, 0.15) is 30.0 Å². The van der Waals surface area contributed by atoms with Gasteiger partial charge in [0.1, 0.15) is 5.82 Å². The van der Waals surface area contributed by atoms with Gasteiger partial charge in [0, 0.05) is 22.0 Å². The third-order valence-electron chi connectivity index (χ3n) is 4.30. The minimum atomic E-state index is -1.04. The van der Waals surface area contributed by atoms with Gasteiger partial charge in [0.25, 0.3) is 0 Å². The predicted molar refractivity (Wildman–Crippen MR) is 97.9 cm³/mol. The summed E-state index contributed by atoms with van der Waals surface area (Å²) in [7, 11) is -1.04. The van der Waals surface area contributed by atoms with Gasteiger partial charge >= 0.3 is 5.97 Å². The lowest BCUT2D eigenvalue weighted by Crippen LogP contribution is -1.97. The molecule has 2 aromatic carbocycles. The number of benzene rings is 2. The van der Waals surface area contributed by atoms with Gasteiger partial charge in [0.2, 0.25) is 0 Å². The first-order valence-electron chi connectivity index (χ1n) is 7.74. The monoisotopic (exact) mass is 362 g/mol. The van der Waals surface area contributed by atoms with Crippen molar-refractivity contribution in [2.24, 2.45) is 0 Å². The van der Waals surface area contributed by atoms with Crippen LogP contribution in [0.2, 0.25) is 0 Å². The third-order valence-corrected chi connectivity index (χ3v) is 5.24. The lowest BCUT2D eigenvalue weighted by Gasteiger charge is -2.05. The number of aliphatic carboxylic acids is 1. The molecule has 2 aromatic rings. The van der Waals surface area contributed by atoms with Crippen molar-refractivity contribution in [3.05, 3.63) is 70.5 Å². The van der Waals surface area contributed by atoms with Crippen LogP contribution < -0.4 is 0 Å². The maximum atomic E-state index is 13.7. The standard InChI is InChI=1S/C20H17FO3S/c1-12-17(9-13-3-6-15(7-4-13)25(2)24)16-8-5-14(21)10-19(16)18(12)11-20(22)23/h3-10H,11H2,1-2H3,(H,22,23)/b17-9-/i3+1,4+1,6+1,7+1,13+1,15+1. The molecule has 25 heavy (non-hydrogen) atoms. The van der Waals surface area contributed by atoms with Crippen molar-refractivity contribution in [3.63, 3.8) is 0 Å². The summed E-state index contributed by atoms with van der Waals surface area (Å²) in [6.07, 6.45) is 3.43. The molecule has 1 atom stereocenters. The van der Waals surface area contributed by atoms with Gasteiger partial charge in [-0.05, 0) is 70.7 Å². The Bertz CT molecular complexity index is 940. The van der Waals surface area contributed by atoms with Crippen LogP contribution in [0.3, 0.4) is 0 Å². The molecule has 1 unspecified atom stereocenters. The molecule has 0 amide bonds. The van der Waals surface area contributed by atoms with Gasteiger partial charge in [-0.3, -0.25) is 9.00 Å². The molecule has 0 aliphatic heterocycles. The number of carboxylic acids is 1. The first kappa shape index (κ1) is 17.3. The van der Waals surface area contributed by atoms with E-state index in [1.807, 2.05) is 25.1 Å². The largest absolute Gasteiger partial charge is 0.481 e. The van der Waals surface area contributed by atoms with E-state index >= 15 is 0 Å². The lowest BCUT2D eigenvalue weighted by molar-refractivity contribution is -0.135. The number of fused-ring (bicyclic) bond motifs is 1. The molecule has 1 aliphatic carbocycles. The maximum Gasteiger partial charge on any atom is 0.307 e. The zero-order valence-electron chi connectivity index (χ0n) is 13.9. The van der Waals surface area contributed by atoms with E-state index in [-0.39, 0.29) is 12.2 Å². The molecule has 0 saturated carbocycles. The van der Waals surface area contributed by atoms with E-state index in [0.29, 0.717) is 11.1 Å². The molecular formula is C20H17FO3S. The Morgan fingerprint density at radius 3 is 2.44 bits per heavy atom. The summed E-state index contributed by atoms with van der Waals surface area (Å²) >= 11 is 0. The van der Waals surface area contributed by atoms with Crippen molar-refractivity contribution < 1.29 is 18.5 Å². The quantitative estimate of drug-likeness (QED) is 0.879. The average molecular weight is 362 g/mol. The Morgan fingerprint density at radius 1 is 1.16 bits per heavy atom. The van der Waals surface area contributed by atoms with Crippen molar-refractivity contribution in [2.45, 2.75) is 18.2 Å². The van der Waals surface area contributed by atoms with Crippen LogP contribution in [0.4, 0.5) is 4.39 Å². The third kappa shape index (κ3) is 3.46. The molecule has 0 saturated heterocycles. The highest BCUT2D eigenvalue weighted by molar-refractivity contribution is 7.84. The Balaban J connectivity index is 2.10. The second kappa shape index (κ2) is 6.76. The minimum absolute atomic E-state index is 0.145. The molecule has 1 aliphatic rings. The fourth-order valence-electron chi connectivity index (χ4n) is 3.05. The van der Waals surface area contributed by atoms with Gasteiger partial charge in [-0.1, -0.05) is 18.2 Å². The van der Waals surface area contributed by atoms with Crippen LogP contribution in [-0.2, 0) is 15.6 Å². The summed E-state index contributed by atoms with van der Waals surface area (Å²) < 4.78 is 25.1. The molecule has 1 N–H and O–H groups in total. The summed E-state index contributed by atoms with van der Waals surface area (Å²) in [5.41, 5.74) is 4.74. The summed E-state index contributed by atoms with van der Waals surface area (Å²) in [4.78, 5) is 11.9. The van der Waals surface area contributed by atoms with E-state index in [1.165, 1.54) is 12.1 Å². The zero-order valence-corrected chi connectivity index (χ0v) is 14.7. The first-order chi connectivity index (χ1) is 11.9. The molecule has 0 spiro atoms. The highest BCUT2D eigenvalue weighted by atomic mass is 32.2. The number of hydrogen-bond acceptors (Lipinski definition) is 2. The van der Waals surface area contributed by atoms with E-state index in [4.69, 9.17) is 5.11 Å². The molecule has 0 radical (unpaired) electrons. The van der Waals surface area contributed by atoms with Crippen molar-refractivity contribution in [3.8, 4) is 0 Å². The Labute approximate surface area is 148 Å². The molecule has 128 valence electrons. The number of allylic oxidation sites excluding steroid dienone is 2. The van der Waals surface area contributed by atoms with Crippen LogP contribution in [0, 0.1) is 5.82 Å². The minimum Gasteiger partial charge on any atom is -0.481 e. The van der Waals surface area contributed by atoms with E-state index in [1.54, 1.807) is 24.5 Å². The Kier molecular flexibility index (Phi) is 4.68. The van der Waals surface area contributed by atoms with Crippen molar-refractivity contribution in [1.29, 1.82) is 0 Å². The maximum absolute atomic E-state index is 13.7. The topological polar surface area (TPSA) is 54.4 Å². The fraction of sp³-hybridized carbons (Fsp3) is 0.150. The SMILES string of the molecule is CC1=C(CC(=O)O)c2cc(F)ccc2/C1=C\[13c]1[13cH][13cH][13c](S(C)=O)[13cH][13cH]1. The van der Waals surface area contributed by atoms with Crippen LogP contribution >= 0.6 is 0 Å². The second-order valence-corrected chi connectivity index (χ2v) is 7.32. The smallest absolute Gasteiger partial charge is 0.307 e. The highest BCUT2D eigenvalue weighted by Gasteiger charge is 2.25. The number of carboxylic acid groups (broad SMARTS) is 1. The van der Waals surface area contributed by atoms with Crippen LogP contribution in [0.15, 0.2) is 52.9 Å². The molecule has 0 bridgehead atoms. The highest BCUT2D eigenvalue weighted by Crippen LogP contribution is 2.43. The number of carbonyl (C=O) groups is 1. The molecule has 3 nitrogen and oxygen atoms in total. The average Bonchev–Trinajstić information content (AvgIpc) is 2.80. The van der Waals surface area contributed by atoms with Crippen molar-refractivity contribution in [2.75, 3.05) is 6.26 Å². The number of rotatable bonds is 4. The van der Waals surface area contributed by atoms with E-state index in [0.717, 1.165) is 27.2 Å². The van der Waals surface area contributed by atoms with Gasteiger partial charge in [-0.2, -0.15) is 0 Å². The molecule has 0 heterocycles. The fourth-order valence-corrected chi connectivity index (χ4v) is 3.57. The molecule has 0 fully saturated rings. The zero-order chi connectivity index (χ0) is 18.1. The summed E-state index contributed by atoms with van der Waals surface area (Å²) in [6, 6.07) is 11.8. The molecule has 0 aromatic heterocycles. The Hall–Kier alpha value is -2.53. The Morgan fingerprint density at radius 2 is 1.84 bits per heavy atom. The van der Waals surface area contributed by atoms with Crippen LogP contribution in [0.5, 0.6) is 0 Å². The lowest BCUT2D eigenvalue weighted by atomic mass is 10.0. The van der Waals surface area contributed by atoms with Gasteiger partial charge in [0.15, 0.2) is 0 Å². The van der Waals surface area contributed by atoms with Crippen LogP contribution in [0.25, 0.3) is 17.2 Å². The summed E-state index contributed by atoms with van der Waals surface area (Å²) in [6.45, 7) is 1.86. The van der Waals surface area contributed by atoms with Gasteiger partial charge in [-0.25, -0.2) is 4.39 Å². The summed E-state index contributed by atoms with van der Waals surface area (Å²) in [5.74, 6) is -1.33. The number of hydrogen-bond donors (Lipinski definition) is 1. The van der Waals surface area contributed by atoms with Gasteiger partial charge in [-0.15, -0.1) is 0 Å². The van der Waals surface area contributed by atoms with E-state index in [2.05, 4.69) is 0 Å². The molecule has 5 heteroatoms. The van der Waals surface area contributed by atoms with Crippen molar-refractivity contribution in [1.82, 2.24) is 0 Å².